The van der Waals surface area contributed by atoms with Crippen LogP contribution in [0, 0.1) is 0 Å². The number of aromatic nitrogens is 2. The molecule has 3 aromatic rings. The number of thiocarbonyl (C=S) groups is 1. The molecule has 2 heterocycles. The van der Waals surface area contributed by atoms with Gasteiger partial charge >= 0.3 is 0 Å². The molecule has 0 saturated heterocycles. The summed E-state index contributed by atoms with van der Waals surface area (Å²) in [6.45, 7) is 6.14. The number of rotatable bonds is 8. The van der Waals surface area contributed by atoms with Gasteiger partial charge in [0, 0.05) is 36.0 Å². The number of halogens is 1. The van der Waals surface area contributed by atoms with Crippen LogP contribution < -0.4 is 5.32 Å². The van der Waals surface area contributed by atoms with E-state index < -0.39 is 0 Å². The van der Waals surface area contributed by atoms with E-state index in [1.165, 1.54) is 0 Å². The molecule has 1 aliphatic rings. The van der Waals surface area contributed by atoms with E-state index >= 15 is 0 Å². The van der Waals surface area contributed by atoms with Crippen LogP contribution in [-0.2, 0) is 4.74 Å². The smallest absolute Gasteiger partial charge is 0.258 e. The first-order chi connectivity index (χ1) is 15.6. The number of hydrogen-bond donors (Lipinski definition) is 1. The van der Waals surface area contributed by atoms with Crippen LogP contribution >= 0.6 is 23.8 Å². The summed E-state index contributed by atoms with van der Waals surface area (Å²) in [6, 6.07) is 17.2. The van der Waals surface area contributed by atoms with Crippen LogP contribution in [0.1, 0.15) is 37.8 Å². The van der Waals surface area contributed by atoms with Crippen molar-refractivity contribution in [2.75, 3.05) is 19.8 Å². The topological polar surface area (TPSA) is 63.4 Å². The predicted molar refractivity (Wildman–Crippen MR) is 130 cm³/mol. The average Bonchev–Trinajstić information content (AvgIpc) is 3.29. The Morgan fingerprint density at radius 3 is 2.62 bits per heavy atom. The molecule has 0 radical (unpaired) electrons. The largest absolute Gasteiger partial charge is 0.382 e. The molecule has 32 heavy (non-hydrogen) atoms. The van der Waals surface area contributed by atoms with E-state index in [2.05, 4.69) is 15.4 Å². The molecule has 1 aliphatic heterocycles. The first-order valence-electron chi connectivity index (χ1n) is 10.6. The van der Waals surface area contributed by atoms with Gasteiger partial charge in [0.2, 0.25) is 5.82 Å². The third-order valence-corrected chi connectivity index (χ3v) is 5.95. The zero-order valence-electron chi connectivity index (χ0n) is 18.0. The average molecular weight is 469 g/mol. The maximum absolute atomic E-state index is 6.12. The lowest BCUT2D eigenvalue weighted by Gasteiger charge is -2.37. The van der Waals surface area contributed by atoms with Crippen LogP contribution in [0.15, 0.2) is 64.8 Å². The normalized spacial score (nSPS) is 16.4. The van der Waals surface area contributed by atoms with Crippen LogP contribution in [0.25, 0.3) is 17.0 Å². The Morgan fingerprint density at radius 2 is 1.91 bits per heavy atom. The van der Waals surface area contributed by atoms with Gasteiger partial charge in [-0.15, -0.1) is 0 Å². The Labute approximate surface area is 198 Å². The van der Waals surface area contributed by atoms with Crippen molar-refractivity contribution in [1.82, 2.24) is 20.4 Å². The van der Waals surface area contributed by atoms with E-state index in [0.717, 1.165) is 35.4 Å². The highest BCUT2D eigenvalue weighted by molar-refractivity contribution is 7.80. The van der Waals surface area contributed by atoms with Gasteiger partial charge < -0.3 is 19.5 Å². The van der Waals surface area contributed by atoms with Crippen LogP contribution in [0.2, 0.25) is 5.02 Å². The summed E-state index contributed by atoms with van der Waals surface area (Å²) in [7, 11) is 0. The first-order valence-corrected chi connectivity index (χ1v) is 11.4. The van der Waals surface area contributed by atoms with E-state index in [0.29, 0.717) is 35.1 Å². The molecule has 4 rings (SSSR count). The van der Waals surface area contributed by atoms with Crippen LogP contribution in [0.3, 0.4) is 0 Å². The molecule has 1 N–H and O–H groups in total. The van der Waals surface area contributed by atoms with Gasteiger partial charge in [0.1, 0.15) is 0 Å². The van der Waals surface area contributed by atoms with Gasteiger partial charge in [-0.1, -0.05) is 59.2 Å². The van der Waals surface area contributed by atoms with E-state index in [1.54, 1.807) is 0 Å². The summed E-state index contributed by atoms with van der Waals surface area (Å²) in [4.78, 5) is 6.79. The lowest BCUT2D eigenvalue weighted by atomic mass is 9.95. The molecule has 0 fully saturated rings. The Bertz CT molecular complexity index is 1100. The fraction of sp³-hybridized carbons (Fsp3) is 0.292. The van der Waals surface area contributed by atoms with Crippen LogP contribution in [0.4, 0.5) is 0 Å². The Morgan fingerprint density at radius 1 is 1.16 bits per heavy atom. The maximum Gasteiger partial charge on any atom is 0.258 e. The van der Waals surface area contributed by atoms with E-state index in [1.807, 2.05) is 68.4 Å². The molecule has 0 aliphatic carbocycles. The van der Waals surface area contributed by atoms with Crippen LogP contribution in [-0.4, -0.2) is 39.9 Å². The summed E-state index contributed by atoms with van der Waals surface area (Å²) in [6.07, 6.45) is 0.852. The number of ether oxygens (including phenoxy) is 1. The lowest BCUT2D eigenvalue weighted by Crippen LogP contribution is -2.46. The van der Waals surface area contributed by atoms with Gasteiger partial charge in [-0.2, -0.15) is 4.98 Å². The number of benzene rings is 2. The second-order valence-corrected chi connectivity index (χ2v) is 8.25. The fourth-order valence-corrected chi connectivity index (χ4v) is 4.21. The highest BCUT2D eigenvalue weighted by atomic mass is 35.5. The van der Waals surface area contributed by atoms with Crippen molar-refractivity contribution in [3.8, 4) is 11.4 Å². The van der Waals surface area contributed by atoms with Gasteiger partial charge in [-0.3, -0.25) is 0 Å². The van der Waals surface area contributed by atoms with Crippen molar-refractivity contribution >= 4 is 34.5 Å². The molecule has 0 spiro atoms. The fourth-order valence-electron chi connectivity index (χ4n) is 3.74. The third-order valence-electron chi connectivity index (χ3n) is 5.36. The molecule has 6 nitrogen and oxygen atoms in total. The summed E-state index contributed by atoms with van der Waals surface area (Å²) < 4.78 is 11.3. The molecule has 1 unspecified atom stereocenters. The molecule has 166 valence electrons. The highest BCUT2D eigenvalue weighted by Gasteiger charge is 2.33. The molecular formula is C24H25ClN4O2S. The van der Waals surface area contributed by atoms with E-state index in [-0.39, 0.29) is 6.04 Å². The number of hydrogen-bond acceptors (Lipinski definition) is 5. The molecule has 0 bridgehead atoms. The molecule has 8 heteroatoms. The zero-order chi connectivity index (χ0) is 22.5. The van der Waals surface area contributed by atoms with Crippen molar-refractivity contribution in [2.45, 2.75) is 26.3 Å². The second kappa shape index (κ2) is 10.3. The molecule has 0 amide bonds. The Balaban J connectivity index is 1.73. The lowest BCUT2D eigenvalue weighted by molar-refractivity contribution is 0.141. The van der Waals surface area contributed by atoms with Gasteiger partial charge in [0.15, 0.2) is 5.11 Å². The molecular weight excluding hydrogens is 444 g/mol. The van der Waals surface area contributed by atoms with Crippen molar-refractivity contribution in [1.29, 1.82) is 0 Å². The Kier molecular flexibility index (Phi) is 7.19. The minimum absolute atomic E-state index is 0.230. The van der Waals surface area contributed by atoms with E-state index in [9.17, 15) is 0 Å². The quantitative estimate of drug-likeness (QED) is 0.347. The minimum atomic E-state index is -0.230. The molecule has 2 aromatic carbocycles. The highest BCUT2D eigenvalue weighted by Crippen LogP contribution is 2.37. The van der Waals surface area contributed by atoms with Gasteiger partial charge in [0.25, 0.3) is 5.89 Å². The summed E-state index contributed by atoms with van der Waals surface area (Å²) in [5.74, 6) is 1.01. The third kappa shape index (κ3) is 4.85. The number of nitrogens with zero attached hydrogens (tertiary/aromatic N) is 3. The predicted octanol–water partition coefficient (Wildman–Crippen LogP) is 5.48. The Hall–Kier alpha value is -2.74. The first kappa shape index (κ1) is 22.5. The maximum atomic E-state index is 6.12. The molecule has 0 saturated carbocycles. The van der Waals surface area contributed by atoms with E-state index in [4.69, 9.17) is 38.1 Å². The van der Waals surface area contributed by atoms with Gasteiger partial charge in [-0.05, 0) is 50.2 Å². The summed E-state index contributed by atoms with van der Waals surface area (Å²) in [5.41, 5.74) is 3.79. The number of allylic oxidation sites excluding steroid dienone is 1. The molecule has 1 atom stereocenters. The zero-order valence-corrected chi connectivity index (χ0v) is 19.6. The van der Waals surface area contributed by atoms with Gasteiger partial charge in [-0.25, -0.2) is 0 Å². The van der Waals surface area contributed by atoms with Crippen molar-refractivity contribution in [3.63, 3.8) is 0 Å². The van der Waals surface area contributed by atoms with Crippen molar-refractivity contribution in [2.24, 2.45) is 0 Å². The monoisotopic (exact) mass is 468 g/mol. The standard InChI is InChI=1S/C24H25ClN4O2S/c1-3-30-15-7-14-29-16(2)20(21(26-24(29)32)17-10-12-19(25)13-11-17)23-27-22(28-31-23)18-8-5-4-6-9-18/h4-6,8-13,21H,3,7,14-15H2,1-2H3,(H,26,32). The van der Waals surface area contributed by atoms with Crippen molar-refractivity contribution in [3.05, 3.63) is 76.8 Å². The molecule has 1 aromatic heterocycles. The van der Waals surface area contributed by atoms with Crippen molar-refractivity contribution < 1.29 is 9.26 Å². The summed E-state index contributed by atoms with van der Waals surface area (Å²) in [5, 5.41) is 9.02. The second-order valence-electron chi connectivity index (χ2n) is 7.42. The summed E-state index contributed by atoms with van der Waals surface area (Å²) >= 11 is 11.8. The van der Waals surface area contributed by atoms with Gasteiger partial charge in [0.05, 0.1) is 11.6 Å². The number of nitrogens with one attached hydrogen (secondary N) is 1. The van der Waals surface area contributed by atoms with Crippen LogP contribution in [0.5, 0.6) is 0 Å². The SMILES string of the molecule is CCOCCCN1C(=S)NC(c2ccc(Cl)cc2)C(c2nc(-c3ccccc3)no2)=C1C. The minimum Gasteiger partial charge on any atom is -0.382 e.